The summed E-state index contributed by atoms with van der Waals surface area (Å²) in [5.74, 6) is 0.0799. The Balaban J connectivity index is 0.000000821. The minimum atomic E-state index is -1.07. The summed E-state index contributed by atoms with van der Waals surface area (Å²) in [6.07, 6.45) is 6.56. The maximum Gasteiger partial charge on any atom is 0.316 e. The molecular formula is C59H100N2O4. The zero-order valence-electron chi connectivity index (χ0n) is 46.8. The van der Waals surface area contributed by atoms with Crippen molar-refractivity contribution in [2.45, 2.75) is 247 Å². The first kappa shape index (κ1) is 58.2. The number of esters is 1. The maximum atomic E-state index is 14.9. The van der Waals surface area contributed by atoms with Crippen LogP contribution in [-0.2, 0) is 42.3 Å². The highest BCUT2D eigenvalue weighted by Crippen LogP contribution is 2.46. The highest BCUT2D eigenvalue weighted by molar-refractivity contribution is 5.83. The molecule has 2 aromatic rings. The predicted octanol–water partition coefficient (Wildman–Crippen LogP) is 14.9. The summed E-state index contributed by atoms with van der Waals surface area (Å²) in [5.41, 5.74) is 5.53. The van der Waals surface area contributed by atoms with Gasteiger partial charge in [0.25, 0.3) is 0 Å². The van der Waals surface area contributed by atoms with Crippen LogP contribution in [-0.4, -0.2) is 76.4 Å². The number of hydrogen-bond acceptors (Lipinski definition) is 6. The van der Waals surface area contributed by atoms with Crippen molar-refractivity contribution in [3.8, 4) is 5.75 Å². The monoisotopic (exact) mass is 901 g/mol. The molecular weight excluding hydrogens is 801 g/mol. The zero-order chi connectivity index (χ0) is 50.9. The Bertz CT molecular complexity index is 1850. The van der Waals surface area contributed by atoms with E-state index in [0.29, 0.717) is 24.7 Å². The van der Waals surface area contributed by atoms with Gasteiger partial charge < -0.3 is 14.6 Å². The van der Waals surface area contributed by atoms with Crippen LogP contribution in [0.2, 0.25) is 0 Å². The van der Waals surface area contributed by atoms with Crippen LogP contribution in [0.25, 0.3) is 5.57 Å². The third-order valence-electron chi connectivity index (χ3n) is 14.9. The van der Waals surface area contributed by atoms with Gasteiger partial charge in [-0.3, -0.25) is 14.6 Å². The summed E-state index contributed by atoms with van der Waals surface area (Å²) in [6, 6.07) is 11.0. The van der Waals surface area contributed by atoms with Gasteiger partial charge in [0.1, 0.15) is 11.9 Å². The Morgan fingerprint density at radius 1 is 0.662 bits per heavy atom. The summed E-state index contributed by atoms with van der Waals surface area (Å²) >= 11 is 0. The number of allylic oxidation sites excluding steroid dienone is 1. The van der Waals surface area contributed by atoms with E-state index in [1.807, 2.05) is 27.0 Å². The molecule has 1 N–H and O–H groups in total. The largest absolute Gasteiger partial charge is 0.507 e. The highest BCUT2D eigenvalue weighted by Gasteiger charge is 2.47. The Morgan fingerprint density at radius 3 is 1.32 bits per heavy atom. The van der Waals surface area contributed by atoms with Gasteiger partial charge >= 0.3 is 5.97 Å². The fraction of sp³-hybridized carbons (Fsp3) is 0.712. The molecule has 0 aliphatic carbocycles. The van der Waals surface area contributed by atoms with E-state index in [-0.39, 0.29) is 55.9 Å². The normalized spacial score (nSPS) is 20.3. The minimum Gasteiger partial charge on any atom is -0.507 e. The second-order valence-corrected chi connectivity index (χ2v) is 26.2. The van der Waals surface area contributed by atoms with Crippen LogP contribution in [0.1, 0.15) is 218 Å². The van der Waals surface area contributed by atoms with Crippen molar-refractivity contribution < 1.29 is 19.4 Å². The van der Waals surface area contributed by atoms with E-state index in [4.69, 9.17) is 9.47 Å². The molecule has 1 atom stereocenters. The minimum absolute atomic E-state index is 0.0685. The second-order valence-electron chi connectivity index (χ2n) is 26.2. The highest BCUT2D eigenvalue weighted by atomic mass is 16.5. The number of hydrogen-bond donors (Lipinski definition) is 1. The third kappa shape index (κ3) is 14.3. The molecule has 1 unspecified atom stereocenters. The van der Waals surface area contributed by atoms with Gasteiger partial charge in [0.2, 0.25) is 0 Å². The first-order valence-electron chi connectivity index (χ1n) is 24.7. The molecule has 2 heterocycles. The molecule has 6 heteroatoms. The van der Waals surface area contributed by atoms with Crippen LogP contribution in [0.4, 0.5) is 0 Å². The number of phenols is 1. The number of carbonyl (C=O) groups excluding carboxylic acids is 1. The van der Waals surface area contributed by atoms with E-state index in [2.05, 4.69) is 206 Å². The number of carbonyl (C=O) groups is 1. The molecule has 370 valence electrons. The molecule has 2 fully saturated rings. The smallest absolute Gasteiger partial charge is 0.316 e. The molecule has 0 aromatic heterocycles. The van der Waals surface area contributed by atoms with Crippen molar-refractivity contribution in [3.63, 3.8) is 0 Å². The molecule has 2 saturated heterocycles. The van der Waals surface area contributed by atoms with E-state index in [1.165, 1.54) is 11.1 Å². The summed E-state index contributed by atoms with van der Waals surface area (Å²) in [4.78, 5) is 19.8. The van der Waals surface area contributed by atoms with Gasteiger partial charge in [-0.05, 0) is 157 Å². The molecule has 0 radical (unpaired) electrons. The van der Waals surface area contributed by atoms with Crippen LogP contribution in [0.15, 0.2) is 49.6 Å². The van der Waals surface area contributed by atoms with Crippen LogP contribution in [0.3, 0.4) is 0 Å². The van der Waals surface area contributed by atoms with E-state index in [1.54, 1.807) is 0 Å². The number of methoxy groups -OCH3 is 1. The average Bonchev–Trinajstić information content (AvgIpc) is 3.14. The average molecular weight is 901 g/mol. The van der Waals surface area contributed by atoms with Gasteiger partial charge in [-0.1, -0.05) is 128 Å². The van der Waals surface area contributed by atoms with Crippen molar-refractivity contribution in [2.24, 2.45) is 5.41 Å². The van der Waals surface area contributed by atoms with Crippen molar-refractivity contribution in [1.82, 2.24) is 9.80 Å². The van der Waals surface area contributed by atoms with Gasteiger partial charge in [-0.15, -0.1) is 6.58 Å². The summed E-state index contributed by atoms with van der Waals surface area (Å²) in [5, 5.41) is 11.5. The first-order valence-corrected chi connectivity index (χ1v) is 24.7. The zero-order valence-corrected chi connectivity index (χ0v) is 46.8. The van der Waals surface area contributed by atoms with E-state index < -0.39 is 5.41 Å². The summed E-state index contributed by atoms with van der Waals surface area (Å²) in [7, 11) is 6.20. The number of piperidine rings is 2. The molecule has 0 bridgehead atoms. The molecule has 2 aliphatic rings. The number of nitrogens with zero attached hydrogens (tertiary/aromatic N) is 2. The number of ether oxygens (including phenoxy) is 2. The van der Waals surface area contributed by atoms with Crippen LogP contribution in [0, 0.1) is 5.41 Å². The molecule has 0 amide bonds. The SMILES string of the molecule is C=CC(CC(=C)c1cc(C(C)(C)C)c(O)c(C(C)(C)C)c1)(Cc1cc(C(C)(C)C)cc(C(C)(C)C)c1)C(=O)OC1CC(C)(C)N(C)C(C)(C)C1.CC.COC1CC(C)(C)N(C)C(C)(C)C1. The summed E-state index contributed by atoms with van der Waals surface area (Å²) in [6.45, 7) is 57.2. The van der Waals surface area contributed by atoms with Gasteiger partial charge in [0, 0.05) is 53.2 Å². The number of aromatic hydroxyl groups is 1. The number of phenolic OH excluding ortho intramolecular Hbond substituents is 1. The molecule has 2 aliphatic heterocycles. The van der Waals surface area contributed by atoms with Crippen LogP contribution >= 0.6 is 0 Å². The van der Waals surface area contributed by atoms with E-state index in [9.17, 15) is 9.90 Å². The molecule has 0 spiro atoms. The van der Waals surface area contributed by atoms with Crippen molar-refractivity contribution in [2.75, 3.05) is 21.2 Å². The first-order chi connectivity index (χ1) is 29.1. The lowest BCUT2D eigenvalue weighted by Crippen LogP contribution is -2.60. The van der Waals surface area contributed by atoms with Crippen molar-refractivity contribution in [3.05, 3.63) is 82.9 Å². The van der Waals surface area contributed by atoms with Crippen molar-refractivity contribution >= 4 is 11.5 Å². The van der Waals surface area contributed by atoms with Crippen molar-refractivity contribution in [1.29, 1.82) is 0 Å². The molecule has 0 saturated carbocycles. The quantitative estimate of drug-likeness (QED) is 0.200. The Labute approximate surface area is 401 Å². The van der Waals surface area contributed by atoms with E-state index in [0.717, 1.165) is 53.5 Å². The Morgan fingerprint density at radius 2 is 1.02 bits per heavy atom. The van der Waals surface area contributed by atoms with Gasteiger partial charge in [0.05, 0.1) is 11.5 Å². The topological polar surface area (TPSA) is 62.2 Å². The second kappa shape index (κ2) is 20.3. The standard InChI is InChI=1S/C46H71NO3.C11H23NO.C2H6/c1-20-46(39(49)50-35-28-44(15,16)47(19)45(17,18)29-35,27-31-21-33(40(3,4)5)25-34(22-31)41(6,7)8)26-30(2)32-23-36(42(9,10)11)38(48)37(24-32)43(12,13)14;1-10(2)7-9(13-6)8-11(3,4)12(10)5;1-2/h20-25,35,48H,1-2,26-29H2,3-19H3;9H,7-8H2,1-6H3;1-2H3. The van der Waals surface area contributed by atoms with Crippen LogP contribution < -0.4 is 0 Å². The molecule has 6 nitrogen and oxygen atoms in total. The Hall–Kier alpha value is -2.93. The Kier molecular flexibility index (Phi) is 18.2. The lowest BCUT2D eigenvalue weighted by molar-refractivity contribution is -0.167. The van der Waals surface area contributed by atoms with Gasteiger partial charge in [-0.2, -0.15) is 0 Å². The maximum absolute atomic E-state index is 14.9. The molecule has 65 heavy (non-hydrogen) atoms. The lowest BCUT2D eigenvalue weighted by Gasteiger charge is -2.53. The lowest BCUT2D eigenvalue weighted by atomic mass is 9.72. The molecule has 4 rings (SSSR count). The fourth-order valence-corrected chi connectivity index (χ4v) is 10.0. The predicted molar refractivity (Wildman–Crippen MR) is 282 cm³/mol. The third-order valence-corrected chi connectivity index (χ3v) is 14.9. The number of benzene rings is 2. The number of rotatable bonds is 9. The fourth-order valence-electron chi connectivity index (χ4n) is 10.0. The van der Waals surface area contributed by atoms with E-state index >= 15 is 0 Å². The number of likely N-dealkylation sites (tertiary alicyclic amines) is 2. The van der Waals surface area contributed by atoms with Gasteiger partial charge in [-0.25, -0.2) is 0 Å². The van der Waals surface area contributed by atoms with Crippen LogP contribution in [0.5, 0.6) is 5.75 Å². The molecule has 2 aromatic carbocycles. The van der Waals surface area contributed by atoms with Gasteiger partial charge in [0.15, 0.2) is 0 Å². The summed E-state index contributed by atoms with van der Waals surface area (Å²) < 4.78 is 12.1.